The third kappa shape index (κ3) is 5.79. The third-order valence-corrected chi connectivity index (χ3v) is 4.71. The number of nitrogens with zero attached hydrogens (tertiary/aromatic N) is 2. The van der Waals surface area contributed by atoms with Crippen LogP contribution in [0.5, 0.6) is 11.5 Å². The normalized spacial score (nSPS) is 10.4. The van der Waals surface area contributed by atoms with Crippen LogP contribution in [0.4, 0.5) is 0 Å². The van der Waals surface area contributed by atoms with Crippen molar-refractivity contribution >= 4 is 17.2 Å². The van der Waals surface area contributed by atoms with E-state index in [1.54, 1.807) is 24.6 Å². The molecule has 0 aliphatic carbocycles. The van der Waals surface area contributed by atoms with E-state index in [2.05, 4.69) is 15.3 Å². The molecule has 0 unspecified atom stereocenters. The summed E-state index contributed by atoms with van der Waals surface area (Å²) in [6.07, 6.45) is 2.75. The Morgan fingerprint density at radius 3 is 2.70 bits per heavy atom. The molecule has 0 saturated heterocycles. The van der Waals surface area contributed by atoms with Gasteiger partial charge in [-0.15, -0.1) is 11.3 Å². The molecular formula is C20H21N3O3S. The van der Waals surface area contributed by atoms with E-state index in [0.717, 1.165) is 27.9 Å². The minimum atomic E-state index is -0.0132. The quantitative estimate of drug-likeness (QED) is 0.574. The Morgan fingerprint density at radius 1 is 1.15 bits per heavy atom. The maximum atomic E-state index is 12.0. The average Bonchev–Trinajstić information content (AvgIpc) is 3.20. The van der Waals surface area contributed by atoms with E-state index in [9.17, 15) is 4.79 Å². The first-order valence-corrected chi connectivity index (χ1v) is 9.52. The van der Waals surface area contributed by atoms with Crippen molar-refractivity contribution in [2.24, 2.45) is 0 Å². The Balaban J connectivity index is 1.35. The SMILES string of the molecule is COc1ccc(OCCNC(=O)CCc2csc(-c3ccccn3)n2)cc1. The number of aryl methyl sites for hydroxylation is 1. The summed E-state index contributed by atoms with van der Waals surface area (Å²) in [6.45, 7) is 0.875. The number of hydrogen-bond acceptors (Lipinski definition) is 6. The van der Waals surface area contributed by atoms with Gasteiger partial charge in [-0.3, -0.25) is 9.78 Å². The minimum Gasteiger partial charge on any atom is -0.497 e. The average molecular weight is 383 g/mol. The molecule has 7 heteroatoms. The summed E-state index contributed by atoms with van der Waals surface area (Å²) in [5, 5.41) is 5.71. The summed E-state index contributed by atoms with van der Waals surface area (Å²) in [5.41, 5.74) is 1.76. The predicted octanol–water partition coefficient (Wildman–Crippen LogP) is 3.34. The topological polar surface area (TPSA) is 73.3 Å². The molecule has 0 atom stereocenters. The summed E-state index contributed by atoms with van der Waals surface area (Å²) in [5.74, 6) is 1.51. The lowest BCUT2D eigenvalue weighted by Gasteiger charge is -2.08. The van der Waals surface area contributed by atoms with E-state index in [1.807, 2.05) is 47.8 Å². The number of rotatable bonds is 9. The Morgan fingerprint density at radius 2 is 1.96 bits per heavy atom. The van der Waals surface area contributed by atoms with Crippen LogP contribution in [-0.4, -0.2) is 36.1 Å². The molecule has 0 aliphatic heterocycles. The number of methoxy groups -OCH3 is 1. The van der Waals surface area contributed by atoms with Gasteiger partial charge in [-0.25, -0.2) is 4.98 Å². The van der Waals surface area contributed by atoms with Gasteiger partial charge in [0.05, 0.1) is 25.0 Å². The van der Waals surface area contributed by atoms with Gasteiger partial charge in [-0.1, -0.05) is 6.07 Å². The fraction of sp³-hybridized carbons (Fsp3) is 0.250. The lowest BCUT2D eigenvalue weighted by molar-refractivity contribution is -0.121. The maximum Gasteiger partial charge on any atom is 0.220 e. The second-order valence-electron chi connectivity index (χ2n) is 5.73. The number of aromatic nitrogens is 2. The Hall–Kier alpha value is -2.93. The molecule has 1 amide bonds. The molecule has 2 heterocycles. The maximum absolute atomic E-state index is 12.0. The number of pyridine rings is 1. The summed E-state index contributed by atoms with van der Waals surface area (Å²) in [4.78, 5) is 20.8. The Labute approximate surface area is 162 Å². The molecule has 0 radical (unpaired) electrons. The molecule has 2 aromatic heterocycles. The van der Waals surface area contributed by atoms with E-state index >= 15 is 0 Å². The van der Waals surface area contributed by atoms with Crippen molar-refractivity contribution in [3.8, 4) is 22.2 Å². The standard InChI is InChI=1S/C20H21N3O3S/c1-25-16-6-8-17(9-7-16)26-13-12-22-19(24)10-5-15-14-27-20(23-15)18-4-2-3-11-21-18/h2-4,6-9,11,14H,5,10,12-13H2,1H3,(H,22,24). The molecule has 6 nitrogen and oxygen atoms in total. The summed E-state index contributed by atoms with van der Waals surface area (Å²) in [7, 11) is 1.62. The van der Waals surface area contributed by atoms with E-state index in [1.165, 1.54) is 0 Å². The van der Waals surface area contributed by atoms with Gasteiger partial charge < -0.3 is 14.8 Å². The lowest BCUT2D eigenvalue weighted by Crippen LogP contribution is -2.28. The zero-order valence-corrected chi connectivity index (χ0v) is 15.9. The van der Waals surface area contributed by atoms with Crippen LogP contribution in [0.3, 0.4) is 0 Å². The number of carbonyl (C=O) groups is 1. The molecule has 0 aliphatic rings. The first-order chi connectivity index (χ1) is 13.2. The first-order valence-electron chi connectivity index (χ1n) is 8.64. The summed E-state index contributed by atoms with van der Waals surface area (Å²) in [6, 6.07) is 13.1. The molecule has 140 valence electrons. The van der Waals surface area contributed by atoms with Gasteiger partial charge in [0.2, 0.25) is 5.91 Å². The minimum absolute atomic E-state index is 0.0132. The van der Waals surface area contributed by atoms with E-state index in [-0.39, 0.29) is 5.91 Å². The number of carbonyl (C=O) groups excluding carboxylic acids is 1. The van der Waals surface area contributed by atoms with Crippen molar-refractivity contribution in [1.82, 2.24) is 15.3 Å². The number of amides is 1. The van der Waals surface area contributed by atoms with Crippen LogP contribution in [0.15, 0.2) is 54.0 Å². The zero-order chi connectivity index (χ0) is 18.9. The number of nitrogens with one attached hydrogen (secondary N) is 1. The highest BCUT2D eigenvalue weighted by Gasteiger charge is 2.08. The third-order valence-electron chi connectivity index (χ3n) is 3.80. The second kappa shape index (κ2) is 9.68. The second-order valence-corrected chi connectivity index (χ2v) is 6.59. The van der Waals surface area contributed by atoms with Crippen LogP contribution in [0.25, 0.3) is 10.7 Å². The summed E-state index contributed by atoms with van der Waals surface area (Å²) < 4.78 is 10.7. The molecule has 3 aromatic rings. The molecule has 0 saturated carbocycles. The van der Waals surface area contributed by atoms with Gasteiger partial charge in [0, 0.05) is 18.0 Å². The van der Waals surface area contributed by atoms with E-state index in [0.29, 0.717) is 26.0 Å². The monoisotopic (exact) mass is 383 g/mol. The fourth-order valence-electron chi connectivity index (χ4n) is 2.39. The molecule has 1 aromatic carbocycles. The zero-order valence-electron chi connectivity index (χ0n) is 15.1. The molecule has 0 bridgehead atoms. The van der Waals surface area contributed by atoms with Gasteiger partial charge in [-0.2, -0.15) is 0 Å². The molecule has 0 spiro atoms. The molecule has 1 N–H and O–H groups in total. The van der Waals surface area contributed by atoms with Gasteiger partial charge in [0.25, 0.3) is 0 Å². The van der Waals surface area contributed by atoms with Crippen molar-refractivity contribution in [3.05, 3.63) is 59.7 Å². The summed E-state index contributed by atoms with van der Waals surface area (Å²) >= 11 is 1.54. The van der Waals surface area contributed by atoms with Crippen molar-refractivity contribution in [2.45, 2.75) is 12.8 Å². The van der Waals surface area contributed by atoms with Crippen molar-refractivity contribution in [2.75, 3.05) is 20.3 Å². The number of hydrogen-bond donors (Lipinski definition) is 1. The molecule has 27 heavy (non-hydrogen) atoms. The van der Waals surface area contributed by atoms with Crippen molar-refractivity contribution in [3.63, 3.8) is 0 Å². The fourth-order valence-corrected chi connectivity index (χ4v) is 3.22. The van der Waals surface area contributed by atoms with Crippen LogP contribution in [0.1, 0.15) is 12.1 Å². The number of thiazole rings is 1. The van der Waals surface area contributed by atoms with Crippen LogP contribution >= 0.6 is 11.3 Å². The first kappa shape index (κ1) is 18.8. The van der Waals surface area contributed by atoms with Crippen LogP contribution in [0, 0.1) is 0 Å². The molecular weight excluding hydrogens is 362 g/mol. The van der Waals surface area contributed by atoms with Gasteiger partial charge in [0.15, 0.2) is 0 Å². The number of benzene rings is 1. The highest BCUT2D eigenvalue weighted by Crippen LogP contribution is 2.21. The molecule has 0 fully saturated rings. The van der Waals surface area contributed by atoms with Crippen molar-refractivity contribution in [1.29, 1.82) is 0 Å². The largest absolute Gasteiger partial charge is 0.497 e. The van der Waals surface area contributed by atoms with Gasteiger partial charge >= 0.3 is 0 Å². The predicted molar refractivity (Wildman–Crippen MR) is 105 cm³/mol. The lowest BCUT2D eigenvalue weighted by atomic mass is 10.2. The van der Waals surface area contributed by atoms with Crippen LogP contribution < -0.4 is 14.8 Å². The van der Waals surface area contributed by atoms with E-state index in [4.69, 9.17) is 9.47 Å². The Bertz CT molecular complexity index is 850. The highest BCUT2D eigenvalue weighted by molar-refractivity contribution is 7.13. The smallest absolute Gasteiger partial charge is 0.220 e. The van der Waals surface area contributed by atoms with Crippen LogP contribution in [-0.2, 0) is 11.2 Å². The Kier molecular flexibility index (Phi) is 6.76. The van der Waals surface area contributed by atoms with E-state index < -0.39 is 0 Å². The highest BCUT2D eigenvalue weighted by atomic mass is 32.1. The van der Waals surface area contributed by atoms with Crippen molar-refractivity contribution < 1.29 is 14.3 Å². The molecule has 3 rings (SSSR count). The van der Waals surface area contributed by atoms with Gasteiger partial charge in [0.1, 0.15) is 23.1 Å². The van der Waals surface area contributed by atoms with Gasteiger partial charge in [-0.05, 0) is 42.8 Å². The number of ether oxygens (including phenoxy) is 2. The van der Waals surface area contributed by atoms with Crippen LogP contribution in [0.2, 0.25) is 0 Å².